The van der Waals surface area contributed by atoms with Gasteiger partial charge in [-0.2, -0.15) is 10.1 Å². The number of benzene rings is 1. The Morgan fingerprint density at radius 1 is 1.18 bits per heavy atom. The summed E-state index contributed by atoms with van der Waals surface area (Å²) in [5.41, 5.74) is 2.85. The van der Waals surface area contributed by atoms with Gasteiger partial charge < -0.3 is 0 Å². The van der Waals surface area contributed by atoms with Crippen LogP contribution in [0.1, 0.15) is 5.56 Å². The van der Waals surface area contributed by atoms with Crippen molar-refractivity contribution in [2.75, 3.05) is 0 Å². The van der Waals surface area contributed by atoms with Gasteiger partial charge in [-0.1, -0.05) is 18.2 Å². The summed E-state index contributed by atoms with van der Waals surface area (Å²) in [4.78, 5) is 8.15. The molecular weight excluding hydrogens is 236 g/mol. The predicted molar refractivity (Wildman–Crippen MR) is 66.4 cm³/mol. The van der Waals surface area contributed by atoms with E-state index in [9.17, 15) is 0 Å². The summed E-state index contributed by atoms with van der Waals surface area (Å²) < 4.78 is 1.78. The molecule has 0 unspecified atom stereocenters. The highest BCUT2D eigenvalue weighted by molar-refractivity contribution is 6.28. The van der Waals surface area contributed by atoms with Crippen LogP contribution in [0.2, 0.25) is 5.28 Å². The first kappa shape index (κ1) is 10.2. The summed E-state index contributed by atoms with van der Waals surface area (Å²) in [6, 6.07) is 7.99. The van der Waals surface area contributed by atoms with E-state index in [1.807, 2.05) is 31.2 Å². The largest absolute Gasteiger partial charge is 0.226 e. The number of rotatable bonds is 1. The zero-order valence-corrected chi connectivity index (χ0v) is 9.89. The fourth-order valence-corrected chi connectivity index (χ4v) is 1.90. The second-order valence-corrected chi connectivity index (χ2v) is 4.10. The van der Waals surface area contributed by atoms with Crippen LogP contribution in [0.4, 0.5) is 0 Å². The Labute approximate surface area is 103 Å². The monoisotopic (exact) mass is 244 g/mol. The molecule has 0 saturated heterocycles. The molecule has 0 radical (unpaired) electrons. The Morgan fingerprint density at radius 2 is 2.00 bits per heavy atom. The SMILES string of the molecule is Cc1ccccc1-n1ncc2cnc(Cl)nc21. The van der Waals surface area contributed by atoms with E-state index in [0.29, 0.717) is 0 Å². The van der Waals surface area contributed by atoms with Crippen molar-refractivity contribution in [3.8, 4) is 5.69 Å². The summed E-state index contributed by atoms with van der Waals surface area (Å²) in [5, 5.41) is 5.43. The quantitative estimate of drug-likeness (QED) is 0.618. The Hall–Kier alpha value is -1.94. The van der Waals surface area contributed by atoms with Crippen LogP contribution < -0.4 is 0 Å². The summed E-state index contributed by atoms with van der Waals surface area (Å²) >= 11 is 5.81. The summed E-state index contributed by atoms with van der Waals surface area (Å²) in [6.07, 6.45) is 3.41. The third kappa shape index (κ3) is 1.66. The maximum absolute atomic E-state index is 5.81. The third-order valence-corrected chi connectivity index (χ3v) is 2.81. The molecule has 0 aliphatic heterocycles. The minimum atomic E-state index is 0.229. The van der Waals surface area contributed by atoms with Crippen LogP contribution in [0.5, 0.6) is 0 Å². The number of hydrogen-bond donors (Lipinski definition) is 0. The lowest BCUT2D eigenvalue weighted by Gasteiger charge is -2.05. The highest BCUT2D eigenvalue weighted by Crippen LogP contribution is 2.19. The molecule has 84 valence electrons. The number of nitrogens with zero attached hydrogens (tertiary/aromatic N) is 4. The highest BCUT2D eigenvalue weighted by atomic mass is 35.5. The van der Waals surface area contributed by atoms with Crippen LogP contribution in [0.15, 0.2) is 36.7 Å². The molecule has 0 N–H and O–H groups in total. The van der Waals surface area contributed by atoms with Crippen molar-refractivity contribution >= 4 is 22.6 Å². The van der Waals surface area contributed by atoms with Gasteiger partial charge in [0, 0.05) is 6.20 Å². The topological polar surface area (TPSA) is 43.6 Å². The number of aryl methyl sites for hydroxylation is 1. The average molecular weight is 245 g/mol. The number of aromatic nitrogens is 4. The van der Waals surface area contributed by atoms with Gasteiger partial charge in [0.15, 0.2) is 5.65 Å². The first-order valence-corrected chi connectivity index (χ1v) is 5.56. The lowest BCUT2D eigenvalue weighted by molar-refractivity contribution is 0.887. The molecule has 4 nitrogen and oxygen atoms in total. The van der Waals surface area contributed by atoms with E-state index in [1.165, 1.54) is 0 Å². The Bertz CT molecular complexity index is 690. The van der Waals surface area contributed by atoms with Gasteiger partial charge >= 0.3 is 0 Å². The van der Waals surface area contributed by atoms with Crippen LogP contribution in [0.3, 0.4) is 0 Å². The fraction of sp³-hybridized carbons (Fsp3) is 0.0833. The molecule has 17 heavy (non-hydrogen) atoms. The smallest absolute Gasteiger partial charge is 0.224 e. The van der Waals surface area contributed by atoms with E-state index >= 15 is 0 Å². The van der Waals surface area contributed by atoms with Gasteiger partial charge in [0.05, 0.1) is 17.3 Å². The number of fused-ring (bicyclic) bond motifs is 1. The van der Waals surface area contributed by atoms with Crippen molar-refractivity contribution in [2.24, 2.45) is 0 Å². The zero-order chi connectivity index (χ0) is 11.8. The van der Waals surface area contributed by atoms with E-state index in [-0.39, 0.29) is 5.28 Å². The molecule has 0 amide bonds. The molecule has 3 rings (SSSR count). The molecule has 5 heteroatoms. The maximum atomic E-state index is 5.81. The molecule has 0 aliphatic rings. The standard InChI is InChI=1S/C12H9ClN4/c1-8-4-2-3-5-10(8)17-11-9(7-15-17)6-14-12(13)16-11/h2-7H,1H3. The third-order valence-electron chi connectivity index (χ3n) is 2.62. The maximum Gasteiger partial charge on any atom is 0.224 e. The van der Waals surface area contributed by atoms with Crippen LogP contribution in [0, 0.1) is 6.92 Å². The van der Waals surface area contributed by atoms with Crippen LogP contribution in [-0.4, -0.2) is 19.7 Å². The second kappa shape index (κ2) is 3.82. The van der Waals surface area contributed by atoms with Gasteiger partial charge in [-0.15, -0.1) is 0 Å². The number of para-hydroxylation sites is 1. The average Bonchev–Trinajstić information content (AvgIpc) is 2.72. The molecule has 1 aromatic carbocycles. The van der Waals surface area contributed by atoms with Gasteiger partial charge in [0.25, 0.3) is 0 Å². The molecule has 0 bridgehead atoms. The first-order valence-electron chi connectivity index (χ1n) is 5.18. The van der Waals surface area contributed by atoms with Crippen molar-refractivity contribution in [3.63, 3.8) is 0 Å². The van der Waals surface area contributed by atoms with Crippen LogP contribution in [0.25, 0.3) is 16.7 Å². The molecule has 0 atom stereocenters. The number of halogens is 1. The van der Waals surface area contributed by atoms with Gasteiger partial charge in [0.1, 0.15) is 0 Å². The normalized spacial score (nSPS) is 10.9. The highest BCUT2D eigenvalue weighted by Gasteiger charge is 2.08. The molecule has 0 aliphatic carbocycles. The van der Waals surface area contributed by atoms with E-state index in [0.717, 1.165) is 22.3 Å². The fourth-order valence-electron chi connectivity index (χ4n) is 1.77. The summed E-state index contributed by atoms with van der Waals surface area (Å²) in [5.74, 6) is 0. The van der Waals surface area contributed by atoms with Crippen LogP contribution in [-0.2, 0) is 0 Å². The minimum Gasteiger partial charge on any atom is -0.226 e. The zero-order valence-electron chi connectivity index (χ0n) is 9.13. The van der Waals surface area contributed by atoms with E-state index in [2.05, 4.69) is 15.1 Å². The second-order valence-electron chi connectivity index (χ2n) is 3.76. The Morgan fingerprint density at radius 3 is 2.82 bits per heavy atom. The molecule has 2 heterocycles. The van der Waals surface area contributed by atoms with Crippen molar-refractivity contribution in [1.29, 1.82) is 0 Å². The summed E-state index contributed by atoms with van der Waals surface area (Å²) in [6.45, 7) is 2.03. The molecular formula is C12H9ClN4. The van der Waals surface area contributed by atoms with Crippen LogP contribution >= 0.6 is 11.6 Å². The van der Waals surface area contributed by atoms with Crippen molar-refractivity contribution in [2.45, 2.75) is 6.92 Å². The molecule has 3 aromatic rings. The van der Waals surface area contributed by atoms with Crippen molar-refractivity contribution < 1.29 is 0 Å². The molecule has 2 aromatic heterocycles. The summed E-state index contributed by atoms with van der Waals surface area (Å²) in [7, 11) is 0. The van der Waals surface area contributed by atoms with Gasteiger partial charge in [0.2, 0.25) is 5.28 Å². The Balaban J connectivity index is 2.31. The van der Waals surface area contributed by atoms with E-state index in [1.54, 1.807) is 17.1 Å². The lowest BCUT2D eigenvalue weighted by atomic mass is 10.2. The van der Waals surface area contributed by atoms with Gasteiger partial charge in [-0.3, -0.25) is 0 Å². The molecule has 0 fully saturated rings. The number of hydrogen-bond acceptors (Lipinski definition) is 3. The molecule has 0 saturated carbocycles. The molecule has 0 spiro atoms. The lowest BCUT2D eigenvalue weighted by Crippen LogP contribution is -2.00. The van der Waals surface area contributed by atoms with E-state index < -0.39 is 0 Å². The van der Waals surface area contributed by atoms with Gasteiger partial charge in [-0.05, 0) is 30.2 Å². The first-order chi connectivity index (χ1) is 8.25. The minimum absolute atomic E-state index is 0.229. The van der Waals surface area contributed by atoms with Crippen molar-refractivity contribution in [3.05, 3.63) is 47.5 Å². The van der Waals surface area contributed by atoms with E-state index in [4.69, 9.17) is 11.6 Å². The predicted octanol–water partition coefficient (Wildman–Crippen LogP) is 2.78. The Kier molecular flexibility index (Phi) is 2.30. The van der Waals surface area contributed by atoms with Gasteiger partial charge in [-0.25, -0.2) is 9.67 Å². The van der Waals surface area contributed by atoms with Crippen molar-refractivity contribution in [1.82, 2.24) is 19.7 Å².